The van der Waals surface area contributed by atoms with Gasteiger partial charge in [-0.05, 0) is 50.1 Å². The fraction of sp³-hybridized carbons (Fsp3) is 0.375. The molecule has 0 aliphatic heterocycles. The van der Waals surface area contributed by atoms with Gasteiger partial charge in [-0.15, -0.1) is 0 Å². The SMILES string of the molecule is CCOCC(C)NC(=O)c1ccc(/C=C/C(=O)O)c(C)c1. The van der Waals surface area contributed by atoms with E-state index in [2.05, 4.69) is 5.32 Å². The minimum absolute atomic E-state index is 0.0654. The van der Waals surface area contributed by atoms with E-state index in [0.717, 1.165) is 17.2 Å². The van der Waals surface area contributed by atoms with Crippen molar-refractivity contribution in [3.8, 4) is 0 Å². The molecule has 21 heavy (non-hydrogen) atoms. The Bertz CT molecular complexity index is 537. The average Bonchev–Trinajstić information content (AvgIpc) is 2.43. The first-order valence-corrected chi connectivity index (χ1v) is 6.84. The molecular formula is C16H21NO4. The number of hydrogen-bond donors (Lipinski definition) is 2. The van der Waals surface area contributed by atoms with Gasteiger partial charge in [0.25, 0.3) is 5.91 Å². The smallest absolute Gasteiger partial charge is 0.328 e. The molecule has 1 atom stereocenters. The highest BCUT2D eigenvalue weighted by Crippen LogP contribution is 2.13. The largest absolute Gasteiger partial charge is 0.478 e. The molecule has 0 fully saturated rings. The zero-order chi connectivity index (χ0) is 15.8. The third-order valence-corrected chi connectivity index (χ3v) is 2.89. The van der Waals surface area contributed by atoms with Crippen molar-refractivity contribution in [3.63, 3.8) is 0 Å². The first-order valence-electron chi connectivity index (χ1n) is 6.84. The van der Waals surface area contributed by atoms with Crippen LogP contribution in [0.1, 0.15) is 35.3 Å². The number of aryl methyl sites for hydroxylation is 1. The monoisotopic (exact) mass is 291 g/mol. The number of benzene rings is 1. The highest BCUT2D eigenvalue weighted by Gasteiger charge is 2.10. The van der Waals surface area contributed by atoms with Crippen molar-refractivity contribution in [3.05, 3.63) is 41.0 Å². The van der Waals surface area contributed by atoms with Crippen molar-refractivity contribution in [1.82, 2.24) is 5.32 Å². The van der Waals surface area contributed by atoms with E-state index in [1.165, 1.54) is 6.08 Å². The summed E-state index contributed by atoms with van der Waals surface area (Å²) in [4.78, 5) is 22.6. The van der Waals surface area contributed by atoms with E-state index in [0.29, 0.717) is 18.8 Å². The molecule has 0 saturated carbocycles. The van der Waals surface area contributed by atoms with Crippen LogP contribution in [0.15, 0.2) is 24.3 Å². The number of carboxylic acids is 1. The molecule has 0 bridgehead atoms. The summed E-state index contributed by atoms with van der Waals surface area (Å²) in [6.45, 7) is 6.71. The first kappa shape index (κ1) is 16.9. The second kappa shape index (κ2) is 8.21. The summed E-state index contributed by atoms with van der Waals surface area (Å²) in [5, 5.41) is 11.5. The van der Waals surface area contributed by atoms with Crippen LogP contribution in [0.3, 0.4) is 0 Å². The van der Waals surface area contributed by atoms with Crippen molar-refractivity contribution in [2.24, 2.45) is 0 Å². The fourth-order valence-electron chi connectivity index (χ4n) is 1.81. The fourth-order valence-corrected chi connectivity index (χ4v) is 1.81. The first-order chi connectivity index (χ1) is 9.93. The zero-order valence-electron chi connectivity index (χ0n) is 12.6. The van der Waals surface area contributed by atoms with Gasteiger partial charge in [-0.2, -0.15) is 0 Å². The Balaban J connectivity index is 2.74. The quantitative estimate of drug-likeness (QED) is 0.755. The van der Waals surface area contributed by atoms with Crippen LogP contribution in [0.2, 0.25) is 0 Å². The van der Waals surface area contributed by atoms with E-state index in [4.69, 9.17) is 9.84 Å². The van der Waals surface area contributed by atoms with Crippen LogP contribution in [-0.4, -0.2) is 36.2 Å². The van der Waals surface area contributed by atoms with Crippen molar-refractivity contribution in [2.45, 2.75) is 26.8 Å². The van der Waals surface area contributed by atoms with E-state index >= 15 is 0 Å². The number of amides is 1. The summed E-state index contributed by atoms with van der Waals surface area (Å²) in [7, 11) is 0. The molecule has 0 aromatic heterocycles. The molecule has 0 radical (unpaired) electrons. The lowest BCUT2D eigenvalue weighted by Gasteiger charge is -2.14. The molecule has 0 aliphatic carbocycles. The number of nitrogens with one attached hydrogen (secondary N) is 1. The molecule has 1 aromatic rings. The Morgan fingerprint density at radius 1 is 1.43 bits per heavy atom. The summed E-state index contributed by atoms with van der Waals surface area (Å²) >= 11 is 0. The molecule has 1 amide bonds. The van der Waals surface area contributed by atoms with Gasteiger partial charge in [-0.1, -0.05) is 6.07 Å². The Morgan fingerprint density at radius 2 is 2.14 bits per heavy atom. The molecule has 5 heteroatoms. The van der Waals surface area contributed by atoms with Gasteiger partial charge < -0.3 is 15.2 Å². The van der Waals surface area contributed by atoms with E-state index < -0.39 is 5.97 Å². The van der Waals surface area contributed by atoms with Crippen LogP contribution in [0.4, 0.5) is 0 Å². The molecule has 1 rings (SSSR count). The second-order valence-corrected chi connectivity index (χ2v) is 4.78. The third kappa shape index (κ3) is 5.79. The van der Waals surface area contributed by atoms with Gasteiger partial charge >= 0.3 is 5.97 Å². The lowest BCUT2D eigenvalue weighted by atomic mass is 10.0. The van der Waals surface area contributed by atoms with Crippen LogP contribution >= 0.6 is 0 Å². The van der Waals surface area contributed by atoms with Gasteiger partial charge in [-0.3, -0.25) is 4.79 Å². The van der Waals surface area contributed by atoms with Gasteiger partial charge in [-0.25, -0.2) is 4.79 Å². The summed E-state index contributed by atoms with van der Waals surface area (Å²) in [5.41, 5.74) is 2.16. The lowest BCUT2D eigenvalue weighted by molar-refractivity contribution is -0.131. The van der Waals surface area contributed by atoms with E-state index in [1.807, 2.05) is 20.8 Å². The number of carbonyl (C=O) groups is 2. The summed E-state index contributed by atoms with van der Waals surface area (Å²) in [5.74, 6) is -1.17. The van der Waals surface area contributed by atoms with Crippen molar-refractivity contribution < 1.29 is 19.4 Å². The molecule has 0 aliphatic rings. The minimum Gasteiger partial charge on any atom is -0.478 e. The standard InChI is InChI=1S/C16H21NO4/c1-4-21-10-12(3)17-16(20)14-6-5-13(11(2)9-14)7-8-15(18)19/h5-9,12H,4,10H2,1-3H3,(H,17,20)(H,18,19)/b8-7+. The van der Waals surface area contributed by atoms with E-state index in [9.17, 15) is 9.59 Å². The predicted octanol–water partition coefficient (Wildman–Crippen LogP) is 2.25. The second-order valence-electron chi connectivity index (χ2n) is 4.78. The molecule has 0 saturated heterocycles. The summed E-state index contributed by atoms with van der Waals surface area (Å²) in [6.07, 6.45) is 2.59. The molecule has 0 spiro atoms. The normalized spacial score (nSPS) is 12.3. The van der Waals surface area contributed by atoms with Crippen LogP contribution in [0, 0.1) is 6.92 Å². The van der Waals surface area contributed by atoms with Gasteiger partial charge in [0.15, 0.2) is 0 Å². The molecule has 114 valence electrons. The lowest BCUT2D eigenvalue weighted by Crippen LogP contribution is -2.35. The Labute approximate surface area is 124 Å². The zero-order valence-corrected chi connectivity index (χ0v) is 12.6. The third-order valence-electron chi connectivity index (χ3n) is 2.89. The number of rotatable bonds is 7. The highest BCUT2D eigenvalue weighted by molar-refractivity contribution is 5.95. The topological polar surface area (TPSA) is 75.6 Å². The van der Waals surface area contributed by atoms with Gasteiger partial charge in [0.05, 0.1) is 6.61 Å². The van der Waals surface area contributed by atoms with E-state index in [-0.39, 0.29) is 11.9 Å². The molecular weight excluding hydrogens is 270 g/mol. The number of carbonyl (C=O) groups excluding carboxylic acids is 1. The minimum atomic E-state index is -0.999. The van der Waals surface area contributed by atoms with Crippen molar-refractivity contribution in [1.29, 1.82) is 0 Å². The molecule has 2 N–H and O–H groups in total. The Kier molecular flexibility index (Phi) is 6.62. The van der Waals surface area contributed by atoms with Crippen LogP contribution in [-0.2, 0) is 9.53 Å². The number of hydrogen-bond acceptors (Lipinski definition) is 3. The Morgan fingerprint density at radius 3 is 2.71 bits per heavy atom. The Hall–Kier alpha value is -2.14. The average molecular weight is 291 g/mol. The molecule has 1 aromatic carbocycles. The predicted molar refractivity (Wildman–Crippen MR) is 81.3 cm³/mol. The maximum atomic E-state index is 12.1. The highest BCUT2D eigenvalue weighted by atomic mass is 16.5. The number of carboxylic acid groups (broad SMARTS) is 1. The van der Waals surface area contributed by atoms with Crippen LogP contribution in [0.25, 0.3) is 6.08 Å². The maximum Gasteiger partial charge on any atom is 0.328 e. The van der Waals surface area contributed by atoms with Crippen LogP contribution in [0.5, 0.6) is 0 Å². The van der Waals surface area contributed by atoms with Gasteiger partial charge in [0.1, 0.15) is 0 Å². The summed E-state index contributed by atoms with van der Waals surface area (Å²) in [6, 6.07) is 5.09. The van der Waals surface area contributed by atoms with E-state index in [1.54, 1.807) is 18.2 Å². The van der Waals surface area contributed by atoms with Crippen molar-refractivity contribution in [2.75, 3.05) is 13.2 Å². The maximum absolute atomic E-state index is 12.1. The molecule has 1 unspecified atom stereocenters. The molecule has 5 nitrogen and oxygen atoms in total. The summed E-state index contributed by atoms with van der Waals surface area (Å²) < 4.78 is 5.25. The van der Waals surface area contributed by atoms with Crippen LogP contribution < -0.4 is 5.32 Å². The number of aliphatic carboxylic acids is 1. The number of ether oxygens (including phenoxy) is 1. The molecule has 0 heterocycles. The van der Waals surface area contributed by atoms with Gasteiger partial charge in [0.2, 0.25) is 0 Å². The van der Waals surface area contributed by atoms with Gasteiger partial charge in [0, 0.05) is 24.3 Å². The van der Waals surface area contributed by atoms with Crippen molar-refractivity contribution >= 4 is 18.0 Å².